The number of carbonyl (C=O) groups is 1. The molecule has 0 spiro atoms. The molecule has 0 bridgehead atoms. The van der Waals surface area contributed by atoms with Crippen LogP contribution in [0.4, 0.5) is 17.1 Å². The van der Waals surface area contributed by atoms with Crippen LogP contribution in [0.15, 0.2) is 54.7 Å². The van der Waals surface area contributed by atoms with E-state index in [-0.39, 0.29) is 5.56 Å². The molecule has 0 saturated heterocycles. The van der Waals surface area contributed by atoms with Gasteiger partial charge in [0, 0.05) is 42.6 Å². The van der Waals surface area contributed by atoms with Crippen LogP contribution in [0.3, 0.4) is 0 Å². The SMILES string of the molecule is CN(C)c1ccc2ncc(C(=O)[O-])c(Nc3ccccc3)c2c1. The number of nitrogens with one attached hydrogen (secondary N) is 1. The number of hydrogen-bond donors (Lipinski definition) is 1. The van der Waals surface area contributed by atoms with Gasteiger partial charge in [0.05, 0.1) is 17.2 Å². The Morgan fingerprint density at radius 3 is 2.52 bits per heavy atom. The standard InChI is InChI=1S/C18H17N3O2/c1-21(2)13-8-9-16-14(10-13)17(15(11-19-16)18(22)23)20-12-6-4-3-5-7-12/h3-11H,1-2H3,(H,19,20)(H,22,23)/p-1. The van der Waals surface area contributed by atoms with Gasteiger partial charge in [0.1, 0.15) is 0 Å². The maximum absolute atomic E-state index is 11.5. The lowest BCUT2D eigenvalue weighted by atomic mass is 10.1. The fourth-order valence-corrected chi connectivity index (χ4v) is 2.41. The Morgan fingerprint density at radius 2 is 1.87 bits per heavy atom. The number of hydrogen-bond acceptors (Lipinski definition) is 5. The van der Waals surface area contributed by atoms with Crippen molar-refractivity contribution in [3.05, 3.63) is 60.3 Å². The predicted molar refractivity (Wildman–Crippen MR) is 90.1 cm³/mol. The lowest BCUT2D eigenvalue weighted by Crippen LogP contribution is -2.23. The third kappa shape index (κ3) is 2.94. The number of rotatable bonds is 4. The van der Waals surface area contributed by atoms with E-state index in [4.69, 9.17) is 0 Å². The fourth-order valence-electron chi connectivity index (χ4n) is 2.41. The molecule has 0 aliphatic rings. The molecule has 0 atom stereocenters. The van der Waals surface area contributed by atoms with Gasteiger partial charge < -0.3 is 20.1 Å². The minimum atomic E-state index is -1.26. The number of fused-ring (bicyclic) bond motifs is 1. The normalized spacial score (nSPS) is 10.5. The molecule has 116 valence electrons. The van der Waals surface area contributed by atoms with Gasteiger partial charge in [-0.25, -0.2) is 0 Å². The molecule has 0 fully saturated rings. The first kappa shape index (κ1) is 14.8. The van der Waals surface area contributed by atoms with E-state index in [1.165, 1.54) is 6.20 Å². The quantitative estimate of drug-likeness (QED) is 0.801. The number of aromatic nitrogens is 1. The number of carboxylic acids is 1. The number of anilines is 3. The predicted octanol–water partition coefficient (Wildman–Crippen LogP) is 2.41. The summed E-state index contributed by atoms with van der Waals surface area (Å²) < 4.78 is 0. The summed E-state index contributed by atoms with van der Waals surface area (Å²) in [6.45, 7) is 0. The molecule has 0 radical (unpaired) electrons. The number of nitrogens with zero attached hydrogens (tertiary/aromatic N) is 2. The first-order valence-corrected chi connectivity index (χ1v) is 7.20. The minimum absolute atomic E-state index is 0.0391. The fraction of sp³-hybridized carbons (Fsp3) is 0.111. The Bertz CT molecular complexity index is 861. The van der Waals surface area contributed by atoms with Crippen LogP contribution in [0.2, 0.25) is 0 Å². The molecule has 0 aliphatic heterocycles. The van der Waals surface area contributed by atoms with E-state index in [9.17, 15) is 9.90 Å². The van der Waals surface area contributed by atoms with Gasteiger partial charge in [0.2, 0.25) is 0 Å². The first-order valence-electron chi connectivity index (χ1n) is 7.20. The van der Waals surface area contributed by atoms with Crippen molar-refractivity contribution in [3.8, 4) is 0 Å². The van der Waals surface area contributed by atoms with E-state index in [1.54, 1.807) is 0 Å². The Kier molecular flexibility index (Phi) is 3.85. The van der Waals surface area contributed by atoms with Gasteiger partial charge in [-0.05, 0) is 30.3 Å². The van der Waals surface area contributed by atoms with E-state index in [1.807, 2.05) is 67.5 Å². The second kappa shape index (κ2) is 5.96. The van der Waals surface area contributed by atoms with Gasteiger partial charge in [-0.3, -0.25) is 4.98 Å². The van der Waals surface area contributed by atoms with Gasteiger partial charge >= 0.3 is 0 Å². The number of benzene rings is 2. The van der Waals surface area contributed by atoms with Crippen LogP contribution < -0.4 is 15.3 Å². The highest BCUT2D eigenvalue weighted by Crippen LogP contribution is 2.31. The lowest BCUT2D eigenvalue weighted by Gasteiger charge is -2.18. The van der Waals surface area contributed by atoms with E-state index < -0.39 is 5.97 Å². The highest BCUT2D eigenvalue weighted by molar-refractivity contribution is 6.05. The van der Waals surface area contributed by atoms with Crippen molar-refractivity contribution in [1.82, 2.24) is 4.98 Å². The molecule has 5 nitrogen and oxygen atoms in total. The molecule has 23 heavy (non-hydrogen) atoms. The Hall–Kier alpha value is -3.08. The second-order valence-corrected chi connectivity index (χ2v) is 5.42. The van der Waals surface area contributed by atoms with Crippen LogP contribution >= 0.6 is 0 Å². The smallest absolute Gasteiger partial charge is 0.0752 e. The average molecular weight is 306 g/mol. The van der Waals surface area contributed by atoms with Crippen molar-refractivity contribution < 1.29 is 9.90 Å². The molecule has 2 aromatic carbocycles. The molecule has 1 heterocycles. The topological polar surface area (TPSA) is 68.3 Å². The van der Waals surface area contributed by atoms with E-state index >= 15 is 0 Å². The number of carbonyl (C=O) groups excluding carboxylic acids is 1. The third-order valence-electron chi connectivity index (χ3n) is 3.63. The van der Waals surface area contributed by atoms with Gasteiger partial charge in [-0.15, -0.1) is 0 Å². The van der Waals surface area contributed by atoms with Crippen molar-refractivity contribution in [2.24, 2.45) is 0 Å². The summed E-state index contributed by atoms with van der Waals surface area (Å²) in [6, 6.07) is 15.2. The highest BCUT2D eigenvalue weighted by Gasteiger charge is 2.11. The highest BCUT2D eigenvalue weighted by atomic mass is 16.4. The van der Waals surface area contributed by atoms with Gasteiger partial charge in [-0.2, -0.15) is 0 Å². The molecule has 3 rings (SSSR count). The maximum atomic E-state index is 11.5. The van der Waals surface area contributed by atoms with Crippen LogP contribution in [0.25, 0.3) is 10.9 Å². The number of pyridine rings is 1. The van der Waals surface area contributed by atoms with Gasteiger partial charge in [-0.1, -0.05) is 18.2 Å². The summed E-state index contributed by atoms with van der Waals surface area (Å²) in [7, 11) is 3.86. The molecular formula is C18H16N3O2-. The van der Waals surface area contributed by atoms with Crippen molar-refractivity contribution >= 4 is 33.9 Å². The molecule has 0 unspecified atom stereocenters. The van der Waals surface area contributed by atoms with Crippen LogP contribution in [-0.4, -0.2) is 25.0 Å². The van der Waals surface area contributed by atoms with Crippen LogP contribution in [0.5, 0.6) is 0 Å². The monoisotopic (exact) mass is 306 g/mol. The number of aromatic carboxylic acids is 1. The average Bonchev–Trinajstić information content (AvgIpc) is 2.55. The minimum Gasteiger partial charge on any atom is -0.545 e. The largest absolute Gasteiger partial charge is 0.545 e. The summed E-state index contributed by atoms with van der Waals surface area (Å²) in [5.41, 5.74) is 3.02. The lowest BCUT2D eigenvalue weighted by molar-refractivity contribution is -0.254. The van der Waals surface area contributed by atoms with Crippen molar-refractivity contribution in [1.29, 1.82) is 0 Å². The van der Waals surface area contributed by atoms with E-state index in [0.717, 1.165) is 22.3 Å². The molecule has 0 amide bonds. The van der Waals surface area contributed by atoms with Crippen molar-refractivity contribution in [2.45, 2.75) is 0 Å². The van der Waals surface area contributed by atoms with Crippen LogP contribution in [0.1, 0.15) is 10.4 Å². The zero-order valence-electron chi connectivity index (χ0n) is 12.9. The molecule has 1 N–H and O–H groups in total. The zero-order chi connectivity index (χ0) is 16.4. The molecule has 0 saturated carbocycles. The Balaban J connectivity index is 2.23. The number of para-hydroxylation sites is 1. The summed E-state index contributed by atoms with van der Waals surface area (Å²) in [5, 5.41) is 15.4. The van der Waals surface area contributed by atoms with Crippen LogP contribution in [0, 0.1) is 0 Å². The van der Waals surface area contributed by atoms with Crippen molar-refractivity contribution in [3.63, 3.8) is 0 Å². The summed E-state index contributed by atoms with van der Waals surface area (Å²) in [4.78, 5) is 17.7. The molecule has 1 aromatic heterocycles. The molecule has 5 heteroatoms. The van der Waals surface area contributed by atoms with Crippen molar-refractivity contribution in [2.75, 3.05) is 24.3 Å². The third-order valence-corrected chi connectivity index (χ3v) is 3.63. The molecule has 0 aliphatic carbocycles. The Morgan fingerprint density at radius 1 is 1.13 bits per heavy atom. The molecular weight excluding hydrogens is 290 g/mol. The van der Waals surface area contributed by atoms with E-state index in [0.29, 0.717) is 5.69 Å². The molecule has 3 aromatic rings. The number of carboxylic acid groups (broad SMARTS) is 1. The zero-order valence-corrected chi connectivity index (χ0v) is 12.9. The van der Waals surface area contributed by atoms with Gasteiger partial charge in [0.15, 0.2) is 0 Å². The second-order valence-electron chi connectivity index (χ2n) is 5.42. The van der Waals surface area contributed by atoms with E-state index in [2.05, 4.69) is 10.3 Å². The van der Waals surface area contributed by atoms with Gasteiger partial charge in [0.25, 0.3) is 0 Å². The van der Waals surface area contributed by atoms with Crippen LogP contribution in [-0.2, 0) is 0 Å². The first-order chi connectivity index (χ1) is 11.1. The summed E-state index contributed by atoms with van der Waals surface area (Å²) in [5.74, 6) is -1.26. The maximum Gasteiger partial charge on any atom is 0.0752 e. The summed E-state index contributed by atoms with van der Waals surface area (Å²) >= 11 is 0. The Labute approximate surface area is 134 Å². The summed E-state index contributed by atoms with van der Waals surface area (Å²) in [6.07, 6.45) is 1.33.